The summed E-state index contributed by atoms with van der Waals surface area (Å²) in [7, 11) is -3.46. The average Bonchev–Trinajstić information content (AvgIpc) is 2.76. The Labute approximate surface area is 114 Å². The van der Waals surface area contributed by atoms with Gasteiger partial charge in [0.05, 0.1) is 5.75 Å². The topological polar surface area (TPSA) is 34.1 Å². The van der Waals surface area contributed by atoms with Crippen LogP contribution in [0.2, 0.25) is 0 Å². The summed E-state index contributed by atoms with van der Waals surface area (Å²) in [6.45, 7) is 1.82. The maximum absolute atomic E-state index is 12.6. The van der Waals surface area contributed by atoms with Crippen molar-refractivity contribution in [2.24, 2.45) is 0 Å². The number of thiophene rings is 1. The standard InChI is InChI=1S/C13H12F2O2S2/c1-9-5-6-12(18-9)19(16,17)8-10-3-2-4-11(7-10)13(14)15/h2-7,13H,8H2,1H3. The third kappa shape index (κ3) is 3.39. The first-order valence-corrected chi connectivity index (χ1v) is 8.01. The summed E-state index contributed by atoms with van der Waals surface area (Å²) < 4.78 is 49.6. The van der Waals surface area contributed by atoms with Crippen molar-refractivity contribution >= 4 is 21.2 Å². The van der Waals surface area contributed by atoms with E-state index in [0.29, 0.717) is 5.56 Å². The number of sulfone groups is 1. The van der Waals surface area contributed by atoms with E-state index in [4.69, 9.17) is 0 Å². The van der Waals surface area contributed by atoms with Gasteiger partial charge in [-0.15, -0.1) is 11.3 Å². The summed E-state index contributed by atoms with van der Waals surface area (Å²) >= 11 is 1.19. The highest BCUT2D eigenvalue weighted by Crippen LogP contribution is 2.26. The zero-order valence-corrected chi connectivity index (χ0v) is 11.8. The second-order valence-corrected chi connectivity index (χ2v) is 7.67. The van der Waals surface area contributed by atoms with Crippen LogP contribution in [-0.2, 0) is 15.6 Å². The van der Waals surface area contributed by atoms with Crippen LogP contribution in [0.5, 0.6) is 0 Å². The third-order valence-corrected chi connectivity index (χ3v) is 5.85. The summed E-state index contributed by atoms with van der Waals surface area (Å²) in [5, 5.41) is 0. The van der Waals surface area contributed by atoms with Gasteiger partial charge in [-0.3, -0.25) is 0 Å². The van der Waals surface area contributed by atoms with E-state index in [1.807, 2.05) is 6.92 Å². The van der Waals surface area contributed by atoms with Crippen molar-refractivity contribution in [2.75, 3.05) is 0 Å². The van der Waals surface area contributed by atoms with E-state index in [2.05, 4.69) is 0 Å². The maximum atomic E-state index is 12.6. The Balaban J connectivity index is 2.28. The van der Waals surface area contributed by atoms with Crippen molar-refractivity contribution < 1.29 is 17.2 Å². The van der Waals surface area contributed by atoms with Crippen molar-refractivity contribution in [1.29, 1.82) is 0 Å². The molecule has 0 saturated heterocycles. The lowest BCUT2D eigenvalue weighted by Crippen LogP contribution is -2.03. The van der Waals surface area contributed by atoms with Gasteiger partial charge in [0, 0.05) is 10.4 Å². The van der Waals surface area contributed by atoms with Gasteiger partial charge in [0.25, 0.3) is 6.43 Å². The number of rotatable bonds is 4. The minimum atomic E-state index is -3.46. The van der Waals surface area contributed by atoms with Gasteiger partial charge in [0.1, 0.15) is 4.21 Å². The molecule has 0 bridgehead atoms. The van der Waals surface area contributed by atoms with E-state index in [9.17, 15) is 17.2 Å². The Kier molecular flexibility index (Phi) is 4.01. The molecule has 0 aliphatic heterocycles. The second kappa shape index (κ2) is 5.38. The van der Waals surface area contributed by atoms with Crippen LogP contribution in [0.15, 0.2) is 40.6 Å². The number of halogens is 2. The SMILES string of the molecule is Cc1ccc(S(=O)(=O)Cc2cccc(C(F)F)c2)s1. The molecule has 0 saturated carbocycles. The fourth-order valence-electron chi connectivity index (χ4n) is 1.69. The van der Waals surface area contributed by atoms with Crippen LogP contribution in [0.1, 0.15) is 22.4 Å². The first kappa shape index (κ1) is 14.1. The van der Waals surface area contributed by atoms with Gasteiger partial charge in [-0.1, -0.05) is 18.2 Å². The summed E-state index contributed by atoms with van der Waals surface area (Å²) in [4.78, 5) is 0.903. The zero-order chi connectivity index (χ0) is 14.0. The average molecular weight is 302 g/mol. The van der Waals surface area contributed by atoms with Crippen molar-refractivity contribution in [3.63, 3.8) is 0 Å². The van der Waals surface area contributed by atoms with Gasteiger partial charge < -0.3 is 0 Å². The quantitative estimate of drug-likeness (QED) is 0.856. The molecular formula is C13H12F2O2S2. The first-order chi connectivity index (χ1) is 8.88. The highest BCUT2D eigenvalue weighted by atomic mass is 32.2. The maximum Gasteiger partial charge on any atom is 0.263 e. The van der Waals surface area contributed by atoms with Crippen molar-refractivity contribution in [1.82, 2.24) is 0 Å². The molecule has 0 N–H and O–H groups in total. The van der Waals surface area contributed by atoms with Crippen molar-refractivity contribution in [3.05, 3.63) is 52.4 Å². The molecule has 0 fully saturated rings. The van der Waals surface area contributed by atoms with E-state index in [1.165, 1.54) is 29.5 Å². The van der Waals surface area contributed by atoms with Crippen LogP contribution in [0.25, 0.3) is 0 Å². The van der Waals surface area contributed by atoms with Gasteiger partial charge in [-0.05, 0) is 30.7 Å². The Bertz CT molecular complexity index is 675. The molecule has 2 nitrogen and oxygen atoms in total. The van der Waals surface area contributed by atoms with Crippen LogP contribution in [-0.4, -0.2) is 8.42 Å². The fraction of sp³-hybridized carbons (Fsp3) is 0.231. The molecule has 2 aromatic rings. The lowest BCUT2D eigenvalue weighted by atomic mass is 10.1. The Morgan fingerprint density at radius 3 is 2.53 bits per heavy atom. The van der Waals surface area contributed by atoms with Crippen LogP contribution >= 0.6 is 11.3 Å². The van der Waals surface area contributed by atoms with Crippen LogP contribution < -0.4 is 0 Å². The van der Waals surface area contributed by atoms with Crippen LogP contribution in [0, 0.1) is 6.92 Å². The third-order valence-electron chi connectivity index (χ3n) is 2.58. The van der Waals surface area contributed by atoms with Crippen LogP contribution in [0.3, 0.4) is 0 Å². The van der Waals surface area contributed by atoms with E-state index < -0.39 is 16.3 Å². The number of aryl methyl sites for hydroxylation is 1. The molecule has 0 amide bonds. The summed E-state index contributed by atoms with van der Waals surface area (Å²) in [6, 6.07) is 8.80. The molecule has 1 aromatic carbocycles. The largest absolute Gasteiger partial charge is 0.263 e. The summed E-state index contributed by atoms with van der Waals surface area (Å²) in [6.07, 6.45) is -2.59. The van der Waals surface area contributed by atoms with Crippen molar-refractivity contribution in [3.8, 4) is 0 Å². The highest BCUT2D eigenvalue weighted by Gasteiger charge is 2.18. The van der Waals surface area contributed by atoms with E-state index in [-0.39, 0.29) is 15.5 Å². The first-order valence-electron chi connectivity index (χ1n) is 5.55. The van der Waals surface area contributed by atoms with E-state index in [0.717, 1.165) is 4.88 Å². The lowest BCUT2D eigenvalue weighted by Gasteiger charge is -2.05. The normalized spacial score (nSPS) is 12.0. The lowest BCUT2D eigenvalue weighted by molar-refractivity contribution is 0.151. The monoisotopic (exact) mass is 302 g/mol. The van der Waals surface area contributed by atoms with Gasteiger partial charge in [-0.25, -0.2) is 17.2 Å². The molecule has 0 aliphatic rings. The number of hydrogen-bond acceptors (Lipinski definition) is 3. The molecule has 0 atom stereocenters. The van der Waals surface area contributed by atoms with Gasteiger partial charge >= 0.3 is 0 Å². The predicted molar refractivity (Wildman–Crippen MR) is 71.3 cm³/mol. The fourth-order valence-corrected chi connectivity index (χ4v) is 4.39. The molecule has 102 valence electrons. The molecule has 0 radical (unpaired) electrons. The molecule has 2 rings (SSSR count). The number of hydrogen-bond donors (Lipinski definition) is 0. The summed E-state index contributed by atoms with van der Waals surface area (Å²) in [5.74, 6) is -0.256. The van der Waals surface area contributed by atoms with E-state index in [1.54, 1.807) is 18.2 Å². The molecule has 0 aliphatic carbocycles. The minimum absolute atomic E-state index is 0.157. The van der Waals surface area contributed by atoms with Gasteiger partial charge in [-0.2, -0.15) is 0 Å². The molecule has 1 heterocycles. The van der Waals surface area contributed by atoms with Gasteiger partial charge in [0.15, 0.2) is 9.84 Å². The zero-order valence-electron chi connectivity index (χ0n) is 10.1. The van der Waals surface area contributed by atoms with Crippen LogP contribution in [0.4, 0.5) is 8.78 Å². The second-order valence-electron chi connectivity index (χ2n) is 4.17. The Hall–Kier alpha value is -1.27. The number of alkyl halides is 2. The minimum Gasteiger partial charge on any atom is -0.223 e. The predicted octanol–water partition coefficient (Wildman–Crippen LogP) is 3.97. The molecule has 6 heteroatoms. The Morgan fingerprint density at radius 2 is 1.95 bits per heavy atom. The highest BCUT2D eigenvalue weighted by molar-refractivity contribution is 7.92. The molecule has 0 unspecified atom stereocenters. The molecule has 0 spiro atoms. The smallest absolute Gasteiger partial charge is 0.223 e. The van der Waals surface area contributed by atoms with Crippen molar-refractivity contribution in [2.45, 2.75) is 23.3 Å². The van der Waals surface area contributed by atoms with Gasteiger partial charge in [0.2, 0.25) is 0 Å². The summed E-state index contributed by atoms with van der Waals surface area (Å²) in [5.41, 5.74) is 0.221. The number of benzene rings is 1. The molecule has 19 heavy (non-hydrogen) atoms. The van der Waals surface area contributed by atoms with E-state index >= 15 is 0 Å². The molecular weight excluding hydrogens is 290 g/mol. The molecule has 1 aromatic heterocycles. The Morgan fingerprint density at radius 1 is 1.21 bits per heavy atom.